The van der Waals surface area contributed by atoms with E-state index >= 15 is 0 Å². The van der Waals surface area contributed by atoms with Gasteiger partial charge in [0, 0.05) is 25.7 Å². The molecule has 0 atom stereocenters. The van der Waals surface area contributed by atoms with Crippen LogP contribution < -0.4 is 5.32 Å². The molecule has 1 aromatic carbocycles. The number of halogens is 1. The van der Waals surface area contributed by atoms with Gasteiger partial charge in [-0.3, -0.25) is 4.90 Å². The summed E-state index contributed by atoms with van der Waals surface area (Å²) in [7, 11) is 2.23. The second-order valence-electron chi connectivity index (χ2n) is 5.25. The summed E-state index contributed by atoms with van der Waals surface area (Å²) in [6, 6.07) is 9.90. The molecule has 1 heterocycles. The lowest BCUT2D eigenvalue weighted by atomic mass is 10.1. The van der Waals surface area contributed by atoms with E-state index < -0.39 is 0 Å². The van der Waals surface area contributed by atoms with E-state index in [2.05, 4.69) is 41.5 Å². The Balaban J connectivity index is 0.00000108. The molecule has 17 heavy (non-hydrogen) atoms. The van der Waals surface area contributed by atoms with Gasteiger partial charge >= 0.3 is 0 Å². The lowest BCUT2D eigenvalue weighted by Crippen LogP contribution is -2.55. The van der Waals surface area contributed by atoms with Gasteiger partial charge in [-0.2, -0.15) is 0 Å². The maximum Gasteiger partial charge on any atom is 0.0345 e. The van der Waals surface area contributed by atoms with E-state index in [1.165, 1.54) is 18.4 Å². The number of hydrogen-bond acceptors (Lipinski definition) is 2. The third-order valence-electron chi connectivity index (χ3n) is 3.82. The summed E-state index contributed by atoms with van der Waals surface area (Å²) in [5.41, 5.74) is 3.02. The molecule has 3 rings (SSSR count). The van der Waals surface area contributed by atoms with E-state index in [1.54, 1.807) is 5.56 Å². The summed E-state index contributed by atoms with van der Waals surface area (Å²) >= 11 is 0. The molecule has 0 amide bonds. The van der Waals surface area contributed by atoms with Crippen molar-refractivity contribution >= 4 is 12.4 Å². The second kappa shape index (κ2) is 5.38. The number of benzene rings is 1. The van der Waals surface area contributed by atoms with Crippen molar-refractivity contribution in [2.75, 3.05) is 20.1 Å². The van der Waals surface area contributed by atoms with Gasteiger partial charge in [-0.25, -0.2) is 0 Å². The van der Waals surface area contributed by atoms with Gasteiger partial charge in [-0.05, 0) is 36.9 Å². The molecule has 2 fully saturated rings. The van der Waals surface area contributed by atoms with Crippen LogP contribution in [0, 0.1) is 0 Å². The molecule has 3 heteroatoms. The van der Waals surface area contributed by atoms with Crippen LogP contribution in [-0.4, -0.2) is 31.1 Å². The van der Waals surface area contributed by atoms with Gasteiger partial charge in [0.1, 0.15) is 0 Å². The predicted molar refractivity (Wildman–Crippen MR) is 73.8 cm³/mol. The fourth-order valence-corrected chi connectivity index (χ4v) is 2.36. The van der Waals surface area contributed by atoms with Crippen LogP contribution in [0.25, 0.3) is 0 Å². The number of likely N-dealkylation sites (N-methyl/N-ethyl adjacent to an activating group) is 1. The Morgan fingerprint density at radius 1 is 1.29 bits per heavy atom. The quantitative estimate of drug-likeness (QED) is 0.885. The van der Waals surface area contributed by atoms with E-state index in [9.17, 15) is 0 Å². The van der Waals surface area contributed by atoms with Crippen molar-refractivity contribution < 1.29 is 0 Å². The Morgan fingerprint density at radius 2 is 2.06 bits per heavy atom. The number of rotatable bonds is 4. The van der Waals surface area contributed by atoms with Gasteiger partial charge in [0.25, 0.3) is 0 Å². The molecular formula is C14H21ClN2. The molecule has 1 aliphatic carbocycles. The summed E-state index contributed by atoms with van der Waals surface area (Å²) in [6.07, 6.45) is 2.79. The van der Waals surface area contributed by atoms with Crippen LogP contribution in [-0.2, 0) is 6.54 Å². The Kier molecular flexibility index (Phi) is 4.08. The summed E-state index contributed by atoms with van der Waals surface area (Å²) in [5, 5.41) is 3.33. The molecule has 0 unspecified atom stereocenters. The molecule has 1 saturated carbocycles. The zero-order valence-electron chi connectivity index (χ0n) is 10.4. The second-order valence-corrected chi connectivity index (χ2v) is 5.25. The first kappa shape index (κ1) is 12.9. The molecule has 1 aliphatic heterocycles. The highest BCUT2D eigenvalue weighted by Crippen LogP contribution is 2.40. The SMILES string of the molecule is CN(Cc1cccc(C2CC2)c1)C1CNC1.Cl. The van der Waals surface area contributed by atoms with Crippen molar-refractivity contribution in [1.82, 2.24) is 10.2 Å². The molecule has 0 aromatic heterocycles. The summed E-state index contributed by atoms with van der Waals surface area (Å²) < 4.78 is 0. The van der Waals surface area contributed by atoms with Crippen LogP contribution in [0.5, 0.6) is 0 Å². The van der Waals surface area contributed by atoms with Crippen molar-refractivity contribution in [1.29, 1.82) is 0 Å². The number of nitrogens with one attached hydrogen (secondary N) is 1. The lowest BCUT2D eigenvalue weighted by molar-refractivity contribution is 0.173. The number of nitrogens with zero attached hydrogens (tertiary/aromatic N) is 1. The smallest absolute Gasteiger partial charge is 0.0345 e. The number of hydrogen-bond donors (Lipinski definition) is 1. The summed E-state index contributed by atoms with van der Waals surface area (Å²) in [4.78, 5) is 2.46. The van der Waals surface area contributed by atoms with Crippen LogP contribution >= 0.6 is 12.4 Å². The highest BCUT2D eigenvalue weighted by atomic mass is 35.5. The van der Waals surface area contributed by atoms with Crippen LogP contribution in [0.4, 0.5) is 0 Å². The molecule has 0 bridgehead atoms. The molecule has 2 aliphatic rings. The van der Waals surface area contributed by atoms with E-state index in [0.717, 1.165) is 31.6 Å². The third kappa shape index (κ3) is 3.01. The molecule has 2 nitrogen and oxygen atoms in total. The van der Waals surface area contributed by atoms with Gasteiger partial charge in [-0.15, -0.1) is 12.4 Å². The van der Waals surface area contributed by atoms with Gasteiger partial charge in [-0.1, -0.05) is 24.3 Å². The monoisotopic (exact) mass is 252 g/mol. The summed E-state index contributed by atoms with van der Waals surface area (Å²) in [5.74, 6) is 0.871. The highest BCUT2D eigenvalue weighted by molar-refractivity contribution is 5.85. The minimum absolute atomic E-state index is 0. The van der Waals surface area contributed by atoms with Gasteiger partial charge < -0.3 is 5.32 Å². The van der Waals surface area contributed by atoms with Crippen LogP contribution in [0.1, 0.15) is 29.9 Å². The average molecular weight is 253 g/mol. The van der Waals surface area contributed by atoms with Crippen molar-refractivity contribution in [3.63, 3.8) is 0 Å². The Bertz CT molecular complexity index is 372. The zero-order chi connectivity index (χ0) is 11.0. The maximum atomic E-state index is 3.33. The van der Waals surface area contributed by atoms with Crippen molar-refractivity contribution in [3.05, 3.63) is 35.4 Å². The largest absolute Gasteiger partial charge is 0.314 e. The Morgan fingerprint density at radius 3 is 2.65 bits per heavy atom. The molecular weight excluding hydrogens is 232 g/mol. The predicted octanol–water partition coefficient (Wildman–Crippen LogP) is 2.39. The van der Waals surface area contributed by atoms with Crippen molar-refractivity contribution in [2.24, 2.45) is 0 Å². The fourth-order valence-electron chi connectivity index (χ4n) is 2.36. The maximum absolute atomic E-state index is 3.33. The van der Waals surface area contributed by atoms with E-state index in [-0.39, 0.29) is 12.4 Å². The first-order valence-electron chi connectivity index (χ1n) is 6.33. The van der Waals surface area contributed by atoms with Gasteiger partial charge in [0.05, 0.1) is 0 Å². The molecule has 94 valence electrons. The van der Waals surface area contributed by atoms with E-state index in [4.69, 9.17) is 0 Å². The van der Waals surface area contributed by atoms with Crippen LogP contribution in [0.3, 0.4) is 0 Å². The Labute approximate surface area is 110 Å². The zero-order valence-corrected chi connectivity index (χ0v) is 11.2. The van der Waals surface area contributed by atoms with Crippen LogP contribution in [0.2, 0.25) is 0 Å². The van der Waals surface area contributed by atoms with Gasteiger partial charge in [0.15, 0.2) is 0 Å². The van der Waals surface area contributed by atoms with Crippen molar-refractivity contribution in [3.8, 4) is 0 Å². The van der Waals surface area contributed by atoms with E-state index in [0.29, 0.717) is 0 Å². The fraction of sp³-hybridized carbons (Fsp3) is 0.571. The van der Waals surface area contributed by atoms with Gasteiger partial charge in [0.2, 0.25) is 0 Å². The standard InChI is InChI=1S/C14H20N2.ClH/c1-16(14-8-15-9-14)10-11-3-2-4-13(7-11)12-5-6-12;/h2-4,7,12,14-15H,5-6,8-10H2,1H3;1H. The Hall–Kier alpha value is -0.570. The minimum Gasteiger partial charge on any atom is -0.314 e. The lowest BCUT2D eigenvalue weighted by Gasteiger charge is -2.35. The first-order valence-corrected chi connectivity index (χ1v) is 6.33. The molecule has 0 radical (unpaired) electrons. The topological polar surface area (TPSA) is 15.3 Å². The van der Waals surface area contributed by atoms with Crippen LogP contribution in [0.15, 0.2) is 24.3 Å². The normalized spacial score (nSPS) is 19.9. The molecule has 1 N–H and O–H groups in total. The van der Waals surface area contributed by atoms with E-state index in [1.807, 2.05) is 0 Å². The molecule has 0 spiro atoms. The molecule has 1 saturated heterocycles. The van der Waals surface area contributed by atoms with Crippen molar-refractivity contribution in [2.45, 2.75) is 31.3 Å². The minimum atomic E-state index is 0. The average Bonchev–Trinajstić information content (AvgIpc) is 2.97. The molecule has 1 aromatic rings. The highest BCUT2D eigenvalue weighted by Gasteiger charge is 2.24. The third-order valence-corrected chi connectivity index (χ3v) is 3.82. The summed E-state index contributed by atoms with van der Waals surface area (Å²) in [6.45, 7) is 3.39. The first-order chi connectivity index (χ1) is 7.83.